The van der Waals surface area contributed by atoms with Crippen molar-refractivity contribution in [2.75, 3.05) is 49.0 Å². The molecule has 6 rings (SSSR count). The number of hydrogen-bond acceptors (Lipinski definition) is 10. The molecule has 1 atom stereocenters. The van der Waals surface area contributed by atoms with Crippen molar-refractivity contribution in [2.24, 2.45) is 5.92 Å². The lowest BCUT2D eigenvalue weighted by Gasteiger charge is -2.37. The largest absolute Gasteiger partial charge is 0.364 e. The van der Waals surface area contributed by atoms with Crippen LogP contribution in [0.4, 0.5) is 28.7 Å². The van der Waals surface area contributed by atoms with E-state index in [0.29, 0.717) is 17.8 Å². The Morgan fingerprint density at radius 1 is 0.958 bits per heavy atom. The van der Waals surface area contributed by atoms with Crippen molar-refractivity contribution in [1.29, 1.82) is 0 Å². The van der Waals surface area contributed by atoms with Crippen LogP contribution < -0.4 is 26.2 Å². The Hall–Kier alpha value is -5.86. The number of carbonyl (C=O) groups is 4. The summed E-state index contributed by atoms with van der Waals surface area (Å²) in [5, 5.41) is 24.4. The maximum atomic E-state index is 13.2. The summed E-state index contributed by atoms with van der Waals surface area (Å²) in [5.41, 5.74) is 4.91. The van der Waals surface area contributed by atoms with E-state index in [9.17, 15) is 19.2 Å². The van der Waals surface area contributed by atoms with Crippen LogP contribution in [-0.2, 0) is 16.1 Å². The molecule has 3 aromatic heterocycles. The molecule has 1 aromatic carbocycles. The molecule has 1 aliphatic heterocycles. The molecule has 4 N–H and O–H groups in total. The monoisotopic (exact) mass is 651 g/mol. The zero-order valence-corrected chi connectivity index (χ0v) is 27.4. The fourth-order valence-electron chi connectivity index (χ4n) is 5.85. The molecular weight excluding hydrogens is 614 g/mol. The lowest BCUT2D eigenvalue weighted by molar-refractivity contribution is -0.118. The van der Waals surface area contributed by atoms with Crippen LogP contribution in [0, 0.1) is 5.92 Å². The SMILES string of the molecule is CC[C@H]1c2c(cnn2CC(=O)Nc2cccc(C(=O)N(C)C)n2)-c2cccc(Nc3cc(NC(=O)C4CC4)nnc3C(=O)NC)c2N1C. The van der Waals surface area contributed by atoms with Crippen molar-refractivity contribution in [2.45, 2.75) is 38.8 Å². The van der Waals surface area contributed by atoms with Gasteiger partial charge in [0.2, 0.25) is 11.8 Å². The first-order chi connectivity index (χ1) is 23.1. The average molecular weight is 652 g/mol. The zero-order valence-electron chi connectivity index (χ0n) is 27.4. The Bertz CT molecular complexity index is 1920. The number of carbonyl (C=O) groups excluding carboxylic acids is 4. The van der Waals surface area contributed by atoms with E-state index in [2.05, 4.69) is 53.4 Å². The van der Waals surface area contributed by atoms with Gasteiger partial charge < -0.3 is 31.1 Å². The molecule has 1 aliphatic carbocycles. The Kier molecular flexibility index (Phi) is 8.76. The van der Waals surface area contributed by atoms with E-state index in [-0.39, 0.29) is 59.2 Å². The number of para-hydroxylation sites is 1. The maximum Gasteiger partial charge on any atom is 0.273 e. The van der Waals surface area contributed by atoms with E-state index in [4.69, 9.17) is 0 Å². The molecule has 0 spiro atoms. The van der Waals surface area contributed by atoms with Crippen molar-refractivity contribution in [1.82, 2.24) is 35.2 Å². The minimum Gasteiger partial charge on any atom is -0.364 e. The summed E-state index contributed by atoms with van der Waals surface area (Å²) in [7, 11) is 6.77. The van der Waals surface area contributed by atoms with Crippen LogP contribution in [0.15, 0.2) is 48.7 Å². The first-order valence-electron chi connectivity index (χ1n) is 15.7. The number of aromatic nitrogens is 5. The van der Waals surface area contributed by atoms with Crippen molar-refractivity contribution in [3.63, 3.8) is 0 Å². The first-order valence-corrected chi connectivity index (χ1v) is 15.7. The second-order valence-corrected chi connectivity index (χ2v) is 12.0. The van der Waals surface area contributed by atoms with E-state index in [1.165, 1.54) is 11.9 Å². The normalized spacial score (nSPS) is 14.8. The van der Waals surface area contributed by atoms with Gasteiger partial charge in [0.25, 0.3) is 11.8 Å². The molecule has 0 unspecified atom stereocenters. The van der Waals surface area contributed by atoms with E-state index in [1.807, 2.05) is 25.2 Å². The second-order valence-electron chi connectivity index (χ2n) is 12.0. The molecule has 1 fully saturated rings. The molecule has 248 valence electrons. The number of fused-ring (bicyclic) bond motifs is 3. The molecule has 0 saturated heterocycles. The highest BCUT2D eigenvalue weighted by Gasteiger charge is 2.34. The summed E-state index contributed by atoms with van der Waals surface area (Å²) >= 11 is 0. The fraction of sp³-hybridized carbons (Fsp3) is 0.333. The Morgan fingerprint density at radius 3 is 2.44 bits per heavy atom. The summed E-state index contributed by atoms with van der Waals surface area (Å²) in [6.45, 7) is 2.00. The maximum absolute atomic E-state index is 13.2. The molecule has 0 bridgehead atoms. The fourth-order valence-corrected chi connectivity index (χ4v) is 5.85. The predicted octanol–water partition coefficient (Wildman–Crippen LogP) is 3.43. The van der Waals surface area contributed by atoms with Crippen LogP contribution in [0.5, 0.6) is 0 Å². The van der Waals surface area contributed by atoms with Gasteiger partial charge in [0.15, 0.2) is 11.5 Å². The molecule has 1 saturated carbocycles. The van der Waals surface area contributed by atoms with Gasteiger partial charge >= 0.3 is 0 Å². The molecule has 0 radical (unpaired) electrons. The standard InChI is InChI=1S/C33H37N11O4/c1-6-24-30-20(16-35-44(30)17-27(45)38-25-12-8-11-22(37-25)33(48)42(3)4)19-9-7-10-21(29(19)43(24)5)36-23-15-26(39-31(46)18-13-14-18)40-41-28(23)32(47)34-2/h7-12,15-16,18,24H,6,13-14,17H2,1-5H3,(H,34,47)(H,37,38,45)(H2,36,39,40,46)/t24-/m0/s1. The number of hydrogen-bond donors (Lipinski definition) is 4. The number of pyridine rings is 1. The highest BCUT2D eigenvalue weighted by Crippen LogP contribution is 2.49. The van der Waals surface area contributed by atoms with Crippen LogP contribution in [0.2, 0.25) is 0 Å². The zero-order chi connectivity index (χ0) is 34.1. The molecule has 48 heavy (non-hydrogen) atoms. The Balaban J connectivity index is 1.30. The van der Waals surface area contributed by atoms with E-state index in [0.717, 1.165) is 35.3 Å². The van der Waals surface area contributed by atoms with Gasteiger partial charge in [-0.15, -0.1) is 10.2 Å². The lowest BCUT2D eigenvalue weighted by atomic mass is 9.91. The summed E-state index contributed by atoms with van der Waals surface area (Å²) in [6.07, 6.45) is 4.15. The van der Waals surface area contributed by atoms with Crippen LogP contribution in [0.3, 0.4) is 0 Å². The van der Waals surface area contributed by atoms with Gasteiger partial charge in [0, 0.05) is 51.3 Å². The third kappa shape index (κ3) is 6.26. The third-order valence-corrected chi connectivity index (χ3v) is 8.37. The molecule has 4 heterocycles. The molecule has 15 heteroatoms. The van der Waals surface area contributed by atoms with Crippen molar-refractivity contribution in [3.05, 3.63) is 65.7 Å². The number of amides is 4. The van der Waals surface area contributed by atoms with Gasteiger partial charge in [0.1, 0.15) is 18.1 Å². The Labute approximate surface area is 277 Å². The van der Waals surface area contributed by atoms with Gasteiger partial charge in [-0.25, -0.2) is 4.98 Å². The van der Waals surface area contributed by atoms with E-state index < -0.39 is 5.91 Å². The number of rotatable bonds is 10. The van der Waals surface area contributed by atoms with Crippen molar-refractivity contribution >= 4 is 52.3 Å². The second kappa shape index (κ2) is 13.1. The van der Waals surface area contributed by atoms with Gasteiger partial charge in [0.05, 0.1) is 35.0 Å². The van der Waals surface area contributed by atoms with Gasteiger partial charge in [-0.1, -0.05) is 25.1 Å². The van der Waals surface area contributed by atoms with Gasteiger partial charge in [-0.05, 0) is 37.5 Å². The van der Waals surface area contributed by atoms with Gasteiger partial charge in [-0.3, -0.25) is 23.9 Å². The topological polar surface area (TPSA) is 179 Å². The molecule has 2 aliphatic rings. The lowest BCUT2D eigenvalue weighted by Crippen LogP contribution is -2.32. The predicted molar refractivity (Wildman–Crippen MR) is 180 cm³/mol. The highest BCUT2D eigenvalue weighted by atomic mass is 16.2. The van der Waals surface area contributed by atoms with E-state index in [1.54, 1.807) is 49.2 Å². The number of nitrogens with one attached hydrogen (secondary N) is 4. The van der Waals surface area contributed by atoms with Crippen LogP contribution in [0.1, 0.15) is 58.9 Å². The van der Waals surface area contributed by atoms with Crippen LogP contribution in [-0.4, -0.2) is 81.7 Å². The van der Waals surface area contributed by atoms with Crippen molar-refractivity contribution in [3.8, 4) is 11.1 Å². The number of nitrogens with zero attached hydrogens (tertiary/aromatic N) is 7. The number of benzene rings is 1. The highest BCUT2D eigenvalue weighted by molar-refractivity contribution is 6.01. The Morgan fingerprint density at radius 2 is 1.73 bits per heavy atom. The van der Waals surface area contributed by atoms with Crippen molar-refractivity contribution < 1.29 is 19.2 Å². The minimum atomic E-state index is -0.428. The van der Waals surface area contributed by atoms with E-state index >= 15 is 0 Å². The minimum absolute atomic E-state index is 0.0228. The summed E-state index contributed by atoms with van der Waals surface area (Å²) in [5.74, 6) is -0.644. The smallest absolute Gasteiger partial charge is 0.273 e. The quantitative estimate of drug-likeness (QED) is 0.199. The average Bonchev–Trinajstić information content (AvgIpc) is 3.85. The molecular formula is C33H37N11O4. The number of anilines is 5. The van der Waals surface area contributed by atoms with Crippen LogP contribution >= 0.6 is 0 Å². The molecule has 4 aromatic rings. The van der Waals surface area contributed by atoms with Crippen LogP contribution in [0.25, 0.3) is 11.1 Å². The summed E-state index contributed by atoms with van der Waals surface area (Å²) in [6, 6.07) is 12.2. The molecule has 15 nitrogen and oxygen atoms in total. The van der Waals surface area contributed by atoms with Gasteiger partial charge in [-0.2, -0.15) is 5.10 Å². The first kappa shape index (κ1) is 32.1. The summed E-state index contributed by atoms with van der Waals surface area (Å²) in [4.78, 5) is 58.6. The summed E-state index contributed by atoms with van der Waals surface area (Å²) < 4.78 is 1.69. The third-order valence-electron chi connectivity index (χ3n) is 8.37. The molecule has 4 amide bonds.